The van der Waals surface area contributed by atoms with Crippen LogP contribution in [-0.2, 0) is 0 Å². The molecule has 2 aromatic carbocycles. The Morgan fingerprint density at radius 1 is 1.00 bits per heavy atom. The monoisotopic (exact) mass is 234 g/mol. The summed E-state index contributed by atoms with van der Waals surface area (Å²) in [6.07, 6.45) is 3.49. The molecule has 0 aliphatic carbocycles. The number of aromatic nitrogens is 1. The van der Waals surface area contributed by atoms with Crippen LogP contribution in [0.15, 0.2) is 54.9 Å². The van der Waals surface area contributed by atoms with Gasteiger partial charge in [0, 0.05) is 11.8 Å². The maximum atomic E-state index is 6.05. The molecule has 0 saturated carbocycles. The summed E-state index contributed by atoms with van der Waals surface area (Å²) in [5, 5.41) is 2.46. The van der Waals surface area contributed by atoms with E-state index in [1.54, 1.807) is 12.4 Å². The Morgan fingerprint density at radius 3 is 2.67 bits per heavy atom. The smallest absolute Gasteiger partial charge is 0.0580 e. The number of hydrogen-bond acceptors (Lipinski definition) is 2. The summed E-state index contributed by atoms with van der Waals surface area (Å²) in [6, 6.07) is 14.6. The first-order valence-electron chi connectivity index (χ1n) is 5.95. The van der Waals surface area contributed by atoms with Crippen molar-refractivity contribution in [3.8, 4) is 11.1 Å². The van der Waals surface area contributed by atoms with Crippen molar-refractivity contribution < 1.29 is 0 Å². The second kappa shape index (κ2) is 4.15. The first-order chi connectivity index (χ1) is 8.77. The summed E-state index contributed by atoms with van der Waals surface area (Å²) in [5.41, 5.74) is 10.3. The number of fused-ring (bicyclic) bond motifs is 1. The van der Waals surface area contributed by atoms with Gasteiger partial charge in [0.15, 0.2) is 0 Å². The van der Waals surface area contributed by atoms with E-state index in [0.717, 1.165) is 11.3 Å². The van der Waals surface area contributed by atoms with Gasteiger partial charge in [-0.1, -0.05) is 36.4 Å². The predicted molar refractivity (Wildman–Crippen MR) is 76.3 cm³/mol. The molecule has 0 fully saturated rings. The van der Waals surface area contributed by atoms with Gasteiger partial charge < -0.3 is 5.73 Å². The summed E-state index contributed by atoms with van der Waals surface area (Å²) in [5.74, 6) is 0. The Hall–Kier alpha value is -2.35. The highest BCUT2D eigenvalue weighted by Crippen LogP contribution is 2.34. The van der Waals surface area contributed by atoms with Crippen molar-refractivity contribution in [2.24, 2.45) is 0 Å². The van der Waals surface area contributed by atoms with Crippen LogP contribution in [0.2, 0.25) is 0 Å². The van der Waals surface area contributed by atoms with Gasteiger partial charge in [0.25, 0.3) is 0 Å². The topological polar surface area (TPSA) is 38.9 Å². The number of hydrogen-bond donors (Lipinski definition) is 1. The van der Waals surface area contributed by atoms with Crippen molar-refractivity contribution in [3.63, 3.8) is 0 Å². The maximum absolute atomic E-state index is 6.05. The quantitative estimate of drug-likeness (QED) is 0.695. The zero-order chi connectivity index (χ0) is 12.5. The summed E-state index contributed by atoms with van der Waals surface area (Å²) in [7, 11) is 0. The van der Waals surface area contributed by atoms with Crippen LogP contribution in [-0.4, -0.2) is 4.98 Å². The van der Waals surface area contributed by atoms with Gasteiger partial charge in [-0.05, 0) is 34.9 Å². The normalized spacial score (nSPS) is 10.7. The molecular weight excluding hydrogens is 220 g/mol. The first kappa shape index (κ1) is 10.8. The minimum absolute atomic E-state index is 0.719. The maximum Gasteiger partial charge on any atom is 0.0580 e. The molecule has 0 spiro atoms. The molecule has 18 heavy (non-hydrogen) atoms. The van der Waals surface area contributed by atoms with Crippen LogP contribution in [0.4, 0.5) is 5.69 Å². The Morgan fingerprint density at radius 2 is 1.83 bits per heavy atom. The molecule has 0 radical (unpaired) electrons. The molecule has 2 heteroatoms. The third kappa shape index (κ3) is 1.63. The minimum Gasteiger partial charge on any atom is -0.397 e. The standard InChI is InChI=1S/C16H14N2/c1-11-6-7-12-4-2-3-5-13(12)16(11)14-8-9-18-10-15(14)17/h2-10H,17H2,1H3. The lowest BCUT2D eigenvalue weighted by atomic mass is 9.94. The fourth-order valence-corrected chi connectivity index (χ4v) is 2.37. The Balaban J connectivity index is 2.42. The van der Waals surface area contributed by atoms with Gasteiger partial charge in [-0.2, -0.15) is 0 Å². The van der Waals surface area contributed by atoms with E-state index in [1.165, 1.54) is 21.9 Å². The fourth-order valence-electron chi connectivity index (χ4n) is 2.37. The predicted octanol–water partition coefficient (Wildman–Crippen LogP) is 3.79. The molecule has 2 N–H and O–H groups in total. The number of pyridine rings is 1. The van der Waals surface area contributed by atoms with Crippen molar-refractivity contribution in [2.75, 3.05) is 5.73 Å². The highest BCUT2D eigenvalue weighted by Gasteiger charge is 2.09. The van der Waals surface area contributed by atoms with Gasteiger partial charge in [-0.3, -0.25) is 4.98 Å². The zero-order valence-corrected chi connectivity index (χ0v) is 10.2. The molecule has 0 amide bonds. The van der Waals surface area contributed by atoms with Gasteiger partial charge in [0.2, 0.25) is 0 Å². The lowest BCUT2D eigenvalue weighted by Crippen LogP contribution is -1.93. The van der Waals surface area contributed by atoms with Crippen LogP contribution in [0.25, 0.3) is 21.9 Å². The number of rotatable bonds is 1. The average molecular weight is 234 g/mol. The van der Waals surface area contributed by atoms with Gasteiger partial charge in [-0.15, -0.1) is 0 Å². The number of nitrogen functional groups attached to an aromatic ring is 1. The zero-order valence-electron chi connectivity index (χ0n) is 10.2. The molecule has 1 heterocycles. The average Bonchev–Trinajstić information content (AvgIpc) is 2.40. The second-order valence-electron chi connectivity index (χ2n) is 4.44. The summed E-state index contributed by atoms with van der Waals surface area (Å²) in [6.45, 7) is 2.11. The largest absolute Gasteiger partial charge is 0.397 e. The number of anilines is 1. The van der Waals surface area contributed by atoms with Crippen molar-refractivity contribution in [3.05, 3.63) is 60.4 Å². The van der Waals surface area contributed by atoms with Crippen LogP contribution >= 0.6 is 0 Å². The van der Waals surface area contributed by atoms with E-state index in [9.17, 15) is 0 Å². The summed E-state index contributed by atoms with van der Waals surface area (Å²) < 4.78 is 0. The third-order valence-electron chi connectivity index (χ3n) is 3.26. The number of nitrogens with zero attached hydrogens (tertiary/aromatic N) is 1. The molecule has 0 aliphatic rings. The molecule has 0 unspecified atom stereocenters. The SMILES string of the molecule is Cc1ccc2ccccc2c1-c1ccncc1N. The lowest BCUT2D eigenvalue weighted by Gasteiger charge is -2.12. The van der Waals surface area contributed by atoms with Gasteiger partial charge in [-0.25, -0.2) is 0 Å². The van der Waals surface area contributed by atoms with Crippen molar-refractivity contribution >= 4 is 16.5 Å². The summed E-state index contributed by atoms with van der Waals surface area (Å²) in [4.78, 5) is 4.06. The van der Waals surface area contributed by atoms with E-state index in [-0.39, 0.29) is 0 Å². The Kier molecular flexibility index (Phi) is 2.49. The van der Waals surface area contributed by atoms with Crippen LogP contribution in [0, 0.1) is 6.92 Å². The van der Waals surface area contributed by atoms with E-state index in [2.05, 4.69) is 48.3 Å². The second-order valence-corrected chi connectivity index (χ2v) is 4.44. The minimum atomic E-state index is 0.719. The highest BCUT2D eigenvalue weighted by molar-refractivity contribution is 6.00. The highest BCUT2D eigenvalue weighted by atomic mass is 14.7. The van der Waals surface area contributed by atoms with Gasteiger partial charge in [0.1, 0.15) is 0 Å². The molecule has 0 aliphatic heterocycles. The van der Waals surface area contributed by atoms with Crippen molar-refractivity contribution in [2.45, 2.75) is 6.92 Å². The van der Waals surface area contributed by atoms with Gasteiger partial charge in [0.05, 0.1) is 11.9 Å². The van der Waals surface area contributed by atoms with E-state index in [1.807, 2.05) is 6.07 Å². The van der Waals surface area contributed by atoms with Crippen molar-refractivity contribution in [1.29, 1.82) is 0 Å². The number of nitrogens with two attached hydrogens (primary N) is 1. The molecule has 88 valence electrons. The van der Waals surface area contributed by atoms with Gasteiger partial charge >= 0.3 is 0 Å². The third-order valence-corrected chi connectivity index (χ3v) is 3.26. The van der Waals surface area contributed by atoms with E-state index in [4.69, 9.17) is 5.73 Å². The first-order valence-corrected chi connectivity index (χ1v) is 5.95. The molecule has 0 bridgehead atoms. The Bertz CT molecular complexity index is 717. The van der Waals surface area contributed by atoms with Crippen LogP contribution in [0.3, 0.4) is 0 Å². The van der Waals surface area contributed by atoms with Crippen LogP contribution in [0.1, 0.15) is 5.56 Å². The fraction of sp³-hybridized carbons (Fsp3) is 0.0625. The molecule has 0 saturated heterocycles. The van der Waals surface area contributed by atoms with E-state index in [0.29, 0.717) is 0 Å². The van der Waals surface area contributed by atoms with Crippen LogP contribution < -0.4 is 5.73 Å². The lowest BCUT2D eigenvalue weighted by molar-refractivity contribution is 1.33. The van der Waals surface area contributed by atoms with Crippen LogP contribution in [0.5, 0.6) is 0 Å². The number of aryl methyl sites for hydroxylation is 1. The van der Waals surface area contributed by atoms with E-state index < -0.39 is 0 Å². The molecule has 3 aromatic rings. The molecule has 0 atom stereocenters. The summed E-state index contributed by atoms with van der Waals surface area (Å²) >= 11 is 0. The molecule has 1 aromatic heterocycles. The Labute approximate surface area is 106 Å². The molecule has 3 rings (SSSR count). The van der Waals surface area contributed by atoms with E-state index >= 15 is 0 Å². The van der Waals surface area contributed by atoms with Crippen molar-refractivity contribution in [1.82, 2.24) is 4.98 Å². The molecular formula is C16H14N2. The molecule has 2 nitrogen and oxygen atoms in total. The number of benzene rings is 2.